The molecular weight excluding hydrogens is 614 g/mol. The van der Waals surface area contributed by atoms with E-state index in [0.29, 0.717) is 50.6 Å². The van der Waals surface area contributed by atoms with Crippen molar-refractivity contribution in [1.82, 2.24) is 15.5 Å². The summed E-state index contributed by atoms with van der Waals surface area (Å²) in [6.07, 6.45) is -1.41. The van der Waals surface area contributed by atoms with E-state index in [1.165, 1.54) is 13.8 Å². The first kappa shape index (κ1) is 37.9. The molecule has 2 bridgehead atoms. The SMILES string of the molecule is CCC(CC)(NC(=O)CCCc1ccc(Cc2cc([C@]34OC[C@](C(C)(C)O)(O3)[C@@H](O)[C@H](O)[C@H]4O)ccc2C)cc1)C(=O)NCCN(C)C. The lowest BCUT2D eigenvalue weighted by molar-refractivity contribution is -0.348. The molecule has 2 aromatic rings. The van der Waals surface area contributed by atoms with Crippen LogP contribution in [-0.2, 0) is 37.7 Å². The van der Waals surface area contributed by atoms with Crippen LogP contribution in [0.2, 0.25) is 0 Å². The molecule has 2 aliphatic heterocycles. The quantitative estimate of drug-likeness (QED) is 0.167. The maximum atomic E-state index is 12.9. The van der Waals surface area contributed by atoms with E-state index in [9.17, 15) is 30.0 Å². The first-order valence-corrected chi connectivity index (χ1v) is 17.1. The summed E-state index contributed by atoms with van der Waals surface area (Å²) in [4.78, 5) is 27.8. The normalized spacial score (nSPS) is 25.7. The molecule has 0 aromatic heterocycles. The highest BCUT2D eigenvalue weighted by molar-refractivity contribution is 5.91. The number of aryl methyl sites for hydroxylation is 2. The molecule has 5 atom stereocenters. The van der Waals surface area contributed by atoms with Crippen molar-refractivity contribution in [2.24, 2.45) is 0 Å². The number of rotatable bonds is 15. The lowest BCUT2D eigenvalue weighted by Crippen LogP contribution is -2.70. The molecule has 11 heteroatoms. The third-order valence-electron chi connectivity index (χ3n) is 10.3. The van der Waals surface area contributed by atoms with Gasteiger partial charge >= 0.3 is 0 Å². The number of aliphatic hydroxyl groups is 4. The van der Waals surface area contributed by atoms with Gasteiger partial charge in [0, 0.05) is 25.1 Å². The Bertz CT molecular complexity index is 1420. The molecule has 0 saturated carbocycles. The Kier molecular flexibility index (Phi) is 11.8. The molecule has 4 rings (SSSR count). The minimum Gasteiger partial charge on any atom is -0.387 e. The standard InChI is InChI=1S/C37H55N3O8/c1-8-35(9-2,33(45)38-19-20-40(6)7)39-29(41)12-10-11-25-14-16-26(17-15-25)21-27-22-28(18-13-24(27)3)37-32(44)30(42)31(43)36(48-37,23-47-37)34(4,5)46/h13-18,22,30-32,42-44,46H,8-12,19-21,23H2,1-7H3,(H,38,45)(H,39,41)/t30-,31-,32+,36-,37-/m0/s1. The number of nitrogens with one attached hydrogen (secondary N) is 2. The van der Waals surface area contributed by atoms with E-state index < -0.39 is 40.8 Å². The fourth-order valence-corrected chi connectivity index (χ4v) is 6.76. The molecule has 48 heavy (non-hydrogen) atoms. The van der Waals surface area contributed by atoms with Crippen LogP contribution in [0.15, 0.2) is 42.5 Å². The zero-order valence-electron chi connectivity index (χ0n) is 29.5. The molecule has 0 spiro atoms. The van der Waals surface area contributed by atoms with E-state index in [-0.39, 0.29) is 18.4 Å². The summed E-state index contributed by atoms with van der Waals surface area (Å²) < 4.78 is 12.2. The van der Waals surface area contributed by atoms with Gasteiger partial charge in [0.1, 0.15) is 23.9 Å². The molecule has 2 aromatic carbocycles. The maximum Gasteiger partial charge on any atom is 0.245 e. The Morgan fingerprint density at radius 1 is 1.00 bits per heavy atom. The second-order valence-corrected chi connectivity index (χ2v) is 14.3. The zero-order chi connectivity index (χ0) is 35.5. The first-order chi connectivity index (χ1) is 22.5. The van der Waals surface area contributed by atoms with E-state index in [1.807, 2.05) is 51.9 Å². The highest BCUT2D eigenvalue weighted by Gasteiger charge is 2.71. The Balaban J connectivity index is 1.38. The molecule has 0 unspecified atom stereocenters. The summed E-state index contributed by atoms with van der Waals surface area (Å²) in [7, 11) is 3.89. The first-order valence-electron chi connectivity index (χ1n) is 17.1. The second kappa shape index (κ2) is 14.9. The van der Waals surface area contributed by atoms with E-state index in [0.717, 1.165) is 28.8 Å². The molecule has 0 aliphatic carbocycles. The number of nitrogens with zero attached hydrogens (tertiary/aromatic N) is 1. The fraction of sp³-hybridized carbons (Fsp3) is 0.622. The summed E-state index contributed by atoms with van der Waals surface area (Å²) in [5, 5.41) is 49.5. The van der Waals surface area contributed by atoms with Crippen molar-refractivity contribution in [3.63, 3.8) is 0 Å². The highest BCUT2D eigenvalue weighted by Crippen LogP contribution is 2.53. The number of carbonyl (C=O) groups is 2. The summed E-state index contributed by atoms with van der Waals surface area (Å²) in [5.74, 6) is -2.02. The summed E-state index contributed by atoms with van der Waals surface area (Å²) in [5.41, 5.74) is 0.535. The minimum absolute atomic E-state index is 0.131. The predicted molar refractivity (Wildman–Crippen MR) is 182 cm³/mol. The Labute approximate surface area is 284 Å². The van der Waals surface area contributed by atoms with Crippen LogP contribution in [0.3, 0.4) is 0 Å². The number of carbonyl (C=O) groups excluding carboxylic acids is 2. The summed E-state index contributed by atoms with van der Waals surface area (Å²) in [6.45, 7) is 9.84. The molecule has 2 fully saturated rings. The third kappa shape index (κ3) is 7.47. The fourth-order valence-electron chi connectivity index (χ4n) is 6.76. The summed E-state index contributed by atoms with van der Waals surface area (Å²) in [6, 6.07) is 13.8. The van der Waals surface area contributed by atoms with Gasteiger partial charge < -0.3 is 45.4 Å². The van der Waals surface area contributed by atoms with Crippen LogP contribution in [0.4, 0.5) is 0 Å². The van der Waals surface area contributed by atoms with Crippen LogP contribution < -0.4 is 10.6 Å². The number of aliphatic hydroxyl groups excluding tert-OH is 3. The maximum absolute atomic E-state index is 12.9. The Hall–Kier alpha value is -2.90. The number of fused-ring (bicyclic) bond motifs is 2. The van der Waals surface area contributed by atoms with Crippen molar-refractivity contribution < 1.29 is 39.5 Å². The Morgan fingerprint density at radius 3 is 2.25 bits per heavy atom. The monoisotopic (exact) mass is 669 g/mol. The van der Waals surface area contributed by atoms with Gasteiger partial charge in [0.15, 0.2) is 5.60 Å². The molecule has 266 valence electrons. The van der Waals surface area contributed by atoms with E-state index >= 15 is 0 Å². The van der Waals surface area contributed by atoms with Crippen molar-refractivity contribution in [1.29, 1.82) is 0 Å². The van der Waals surface area contributed by atoms with Gasteiger partial charge in [-0.3, -0.25) is 9.59 Å². The van der Waals surface area contributed by atoms with Crippen LogP contribution in [0, 0.1) is 6.92 Å². The van der Waals surface area contributed by atoms with Crippen LogP contribution in [-0.4, -0.2) is 106 Å². The van der Waals surface area contributed by atoms with Crippen molar-refractivity contribution in [2.45, 2.75) is 114 Å². The van der Waals surface area contributed by atoms with Gasteiger partial charge in [-0.05, 0) is 95.3 Å². The van der Waals surface area contributed by atoms with Gasteiger partial charge in [-0.2, -0.15) is 0 Å². The van der Waals surface area contributed by atoms with Crippen molar-refractivity contribution in [2.75, 3.05) is 33.8 Å². The highest BCUT2D eigenvalue weighted by atomic mass is 16.8. The van der Waals surface area contributed by atoms with Gasteiger partial charge in [-0.25, -0.2) is 0 Å². The lowest BCUT2D eigenvalue weighted by atomic mass is 9.75. The number of hydrogen-bond acceptors (Lipinski definition) is 9. The predicted octanol–water partition coefficient (Wildman–Crippen LogP) is 2.07. The van der Waals surface area contributed by atoms with E-state index in [2.05, 4.69) is 34.9 Å². The number of likely N-dealkylation sites (N-methyl/N-ethyl adjacent to an activating group) is 1. The average Bonchev–Trinajstić information content (AvgIpc) is 3.44. The molecule has 2 heterocycles. The van der Waals surface area contributed by atoms with E-state index in [1.54, 1.807) is 6.07 Å². The smallest absolute Gasteiger partial charge is 0.245 e. The van der Waals surface area contributed by atoms with Crippen LogP contribution in [0.25, 0.3) is 0 Å². The van der Waals surface area contributed by atoms with Crippen molar-refractivity contribution in [3.05, 3.63) is 70.3 Å². The average molecular weight is 670 g/mol. The number of ether oxygens (including phenoxy) is 2. The van der Waals surface area contributed by atoms with Gasteiger partial charge in [-0.1, -0.05) is 50.2 Å². The topological polar surface area (TPSA) is 161 Å². The molecule has 2 aliphatic rings. The number of amides is 2. The molecule has 2 amide bonds. The molecule has 2 saturated heterocycles. The summed E-state index contributed by atoms with van der Waals surface area (Å²) >= 11 is 0. The van der Waals surface area contributed by atoms with Crippen LogP contribution >= 0.6 is 0 Å². The minimum atomic E-state index is -1.75. The Morgan fingerprint density at radius 2 is 1.65 bits per heavy atom. The molecule has 11 nitrogen and oxygen atoms in total. The lowest BCUT2D eigenvalue weighted by Gasteiger charge is -2.50. The van der Waals surface area contributed by atoms with Gasteiger partial charge in [-0.15, -0.1) is 0 Å². The molecule has 0 radical (unpaired) electrons. The molecule has 6 N–H and O–H groups in total. The van der Waals surface area contributed by atoms with Gasteiger partial charge in [0.2, 0.25) is 17.6 Å². The third-order valence-corrected chi connectivity index (χ3v) is 10.3. The van der Waals surface area contributed by atoms with Crippen LogP contribution in [0.1, 0.15) is 81.2 Å². The molecular formula is C37H55N3O8. The van der Waals surface area contributed by atoms with E-state index in [4.69, 9.17) is 9.47 Å². The van der Waals surface area contributed by atoms with Crippen molar-refractivity contribution >= 4 is 11.8 Å². The van der Waals surface area contributed by atoms with Gasteiger partial charge in [0.05, 0.1) is 12.2 Å². The largest absolute Gasteiger partial charge is 0.387 e. The number of hydrogen-bond donors (Lipinski definition) is 6. The van der Waals surface area contributed by atoms with Gasteiger partial charge in [0.25, 0.3) is 0 Å². The zero-order valence-corrected chi connectivity index (χ0v) is 29.5. The second-order valence-electron chi connectivity index (χ2n) is 14.3. The van der Waals surface area contributed by atoms with Crippen LogP contribution in [0.5, 0.6) is 0 Å². The van der Waals surface area contributed by atoms with Crippen molar-refractivity contribution in [3.8, 4) is 0 Å². The number of benzene rings is 2.